The van der Waals surface area contributed by atoms with Gasteiger partial charge in [-0.2, -0.15) is 0 Å². The molecular weight excluding hydrogens is 382 g/mol. The first-order valence-corrected chi connectivity index (χ1v) is 9.17. The van der Waals surface area contributed by atoms with Crippen molar-refractivity contribution in [2.45, 2.75) is 6.92 Å². The van der Waals surface area contributed by atoms with Crippen molar-refractivity contribution >= 4 is 29.6 Å². The SMILES string of the molecule is CCOc1ccc(OCCNC(=O)COC(=O)/C=C/c2cccc(Cl)c2)cc1. The minimum absolute atomic E-state index is 0.294. The monoisotopic (exact) mass is 403 g/mol. The number of hydrogen-bond acceptors (Lipinski definition) is 5. The highest BCUT2D eigenvalue weighted by molar-refractivity contribution is 6.30. The first-order chi connectivity index (χ1) is 13.6. The fourth-order valence-corrected chi connectivity index (χ4v) is 2.37. The molecule has 2 aromatic carbocycles. The van der Waals surface area contributed by atoms with Crippen LogP contribution in [-0.4, -0.2) is 38.2 Å². The number of hydrogen-bond donors (Lipinski definition) is 1. The van der Waals surface area contributed by atoms with E-state index in [4.69, 9.17) is 25.8 Å². The Hall–Kier alpha value is -2.99. The van der Waals surface area contributed by atoms with Gasteiger partial charge in [-0.3, -0.25) is 4.79 Å². The van der Waals surface area contributed by atoms with E-state index in [0.717, 1.165) is 11.3 Å². The van der Waals surface area contributed by atoms with Crippen molar-refractivity contribution in [1.82, 2.24) is 5.32 Å². The van der Waals surface area contributed by atoms with Gasteiger partial charge in [-0.15, -0.1) is 0 Å². The van der Waals surface area contributed by atoms with Gasteiger partial charge in [0, 0.05) is 11.1 Å². The van der Waals surface area contributed by atoms with Crippen LogP contribution in [0.15, 0.2) is 54.6 Å². The summed E-state index contributed by atoms with van der Waals surface area (Å²) in [5, 5.41) is 3.19. The Morgan fingerprint density at radius 2 is 1.79 bits per heavy atom. The predicted octanol–water partition coefficient (Wildman–Crippen LogP) is 3.49. The van der Waals surface area contributed by atoms with E-state index in [1.165, 1.54) is 6.08 Å². The van der Waals surface area contributed by atoms with E-state index < -0.39 is 11.9 Å². The number of amides is 1. The molecule has 0 radical (unpaired) electrons. The zero-order valence-corrected chi connectivity index (χ0v) is 16.3. The van der Waals surface area contributed by atoms with Crippen LogP contribution in [-0.2, 0) is 14.3 Å². The summed E-state index contributed by atoms with van der Waals surface area (Å²) in [6.45, 7) is 2.75. The van der Waals surface area contributed by atoms with Crippen LogP contribution in [0.3, 0.4) is 0 Å². The average molecular weight is 404 g/mol. The minimum atomic E-state index is -0.610. The molecule has 0 bridgehead atoms. The summed E-state index contributed by atoms with van der Waals surface area (Å²) < 4.78 is 15.7. The van der Waals surface area contributed by atoms with E-state index in [0.29, 0.717) is 30.5 Å². The second-order valence-corrected chi connectivity index (χ2v) is 6.04. The number of carbonyl (C=O) groups is 2. The number of carbonyl (C=O) groups excluding carboxylic acids is 2. The third-order valence-corrected chi connectivity index (χ3v) is 3.67. The molecular formula is C21H22ClNO5. The van der Waals surface area contributed by atoms with Gasteiger partial charge in [0.1, 0.15) is 18.1 Å². The lowest BCUT2D eigenvalue weighted by atomic mass is 10.2. The van der Waals surface area contributed by atoms with Crippen LogP contribution in [0.2, 0.25) is 5.02 Å². The quantitative estimate of drug-likeness (QED) is 0.373. The van der Waals surface area contributed by atoms with E-state index >= 15 is 0 Å². The van der Waals surface area contributed by atoms with Gasteiger partial charge in [-0.05, 0) is 55.0 Å². The normalized spacial score (nSPS) is 10.5. The maximum absolute atomic E-state index is 11.7. The van der Waals surface area contributed by atoms with Gasteiger partial charge in [-0.25, -0.2) is 4.79 Å². The molecule has 148 valence electrons. The molecule has 0 heterocycles. The summed E-state index contributed by atoms with van der Waals surface area (Å²) in [7, 11) is 0. The van der Waals surface area contributed by atoms with E-state index in [2.05, 4.69) is 5.32 Å². The Kier molecular flexibility index (Phi) is 8.88. The Labute approximate surface area is 169 Å². The summed E-state index contributed by atoms with van der Waals surface area (Å²) in [4.78, 5) is 23.3. The summed E-state index contributed by atoms with van der Waals surface area (Å²) in [5.41, 5.74) is 0.764. The average Bonchev–Trinajstić information content (AvgIpc) is 2.69. The predicted molar refractivity (Wildman–Crippen MR) is 108 cm³/mol. The molecule has 0 aliphatic carbocycles. The lowest BCUT2D eigenvalue weighted by molar-refractivity contribution is -0.143. The second-order valence-electron chi connectivity index (χ2n) is 5.60. The van der Waals surface area contributed by atoms with Crippen LogP contribution in [0.4, 0.5) is 0 Å². The van der Waals surface area contributed by atoms with E-state index in [1.807, 2.05) is 19.1 Å². The van der Waals surface area contributed by atoms with E-state index in [-0.39, 0.29) is 6.61 Å². The first kappa shape index (κ1) is 21.3. The lowest BCUT2D eigenvalue weighted by Crippen LogP contribution is -2.31. The zero-order valence-electron chi connectivity index (χ0n) is 15.5. The van der Waals surface area contributed by atoms with Crippen molar-refractivity contribution in [2.75, 3.05) is 26.4 Å². The highest BCUT2D eigenvalue weighted by Gasteiger charge is 2.05. The number of esters is 1. The molecule has 1 N–H and O–H groups in total. The summed E-state index contributed by atoms with van der Waals surface area (Å²) >= 11 is 5.86. The number of nitrogens with one attached hydrogen (secondary N) is 1. The van der Waals surface area contributed by atoms with Crippen molar-refractivity contribution < 1.29 is 23.8 Å². The fourth-order valence-electron chi connectivity index (χ4n) is 2.17. The molecule has 0 aliphatic rings. The van der Waals surface area contributed by atoms with E-state index in [9.17, 15) is 9.59 Å². The largest absolute Gasteiger partial charge is 0.494 e. The Morgan fingerprint density at radius 3 is 2.46 bits per heavy atom. The molecule has 7 heteroatoms. The number of benzene rings is 2. The number of halogens is 1. The third-order valence-electron chi connectivity index (χ3n) is 3.43. The molecule has 0 saturated carbocycles. The first-order valence-electron chi connectivity index (χ1n) is 8.79. The van der Waals surface area contributed by atoms with Gasteiger partial charge in [0.2, 0.25) is 0 Å². The Balaban J connectivity index is 1.61. The third kappa shape index (κ3) is 8.14. The van der Waals surface area contributed by atoms with Gasteiger partial charge >= 0.3 is 5.97 Å². The van der Waals surface area contributed by atoms with Crippen LogP contribution in [0.1, 0.15) is 12.5 Å². The molecule has 0 atom stereocenters. The smallest absolute Gasteiger partial charge is 0.331 e. The molecule has 2 rings (SSSR count). The van der Waals surface area contributed by atoms with Gasteiger partial charge in [0.25, 0.3) is 5.91 Å². The number of rotatable bonds is 10. The van der Waals surface area contributed by atoms with Gasteiger partial charge in [0.15, 0.2) is 6.61 Å². The Morgan fingerprint density at radius 1 is 1.07 bits per heavy atom. The topological polar surface area (TPSA) is 73.9 Å². The van der Waals surface area contributed by atoms with Gasteiger partial charge < -0.3 is 19.5 Å². The Bertz CT molecular complexity index is 805. The van der Waals surface area contributed by atoms with Gasteiger partial charge in [0.05, 0.1) is 13.2 Å². The molecule has 0 saturated heterocycles. The molecule has 0 aliphatic heterocycles. The van der Waals surface area contributed by atoms with Crippen molar-refractivity contribution in [3.63, 3.8) is 0 Å². The fraction of sp³-hybridized carbons (Fsp3) is 0.238. The maximum Gasteiger partial charge on any atom is 0.331 e. The molecule has 28 heavy (non-hydrogen) atoms. The van der Waals surface area contributed by atoms with Crippen LogP contribution < -0.4 is 14.8 Å². The van der Waals surface area contributed by atoms with Gasteiger partial charge in [-0.1, -0.05) is 23.7 Å². The molecule has 0 fully saturated rings. The standard InChI is InChI=1S/C21H22ClNO5/c1-2-26-18-7-9-19(10-8-18)27-13-12-23-20(24)15-28-21(25)11-6-16-4-3-5-17(22)14-16/h3-11,14H,2,12-13,15H2,1H3,(H,23,24)/b11-6+. The van der Waals surface area contributed by atoms with Crippen molar-refractivity contribution in [1.29, 1.82) is 0 Å². The number of ether oxygens (including phenoxy) is 3. The summed E-state index contributed by atoms with van der Waals surface area (Å²) in [6, 6.07) is 14.2. The van der Waals surface area contributed by atoms with Crippen LogP contribution in [0.5, 0.6) is 11.5 Å². The maximum atomic E-state index is 11.7. The zero-order chi connectivity index (χ0) is 20.2. The molecule has 2 aromatic rings. The molecule has 6 nitrogen and oxygen atoms in total. The summed E-state index contributed by atoms with van der Waals surface area (Å²) in [5.74, 6) is 0.435. The molecule has 1 amide bonds. The molecule has 0 spiro atoms. The summed E-state index contributed by atoms with van der Waals surface area (Å²) in [6.07, 6.45) is 2.81. The lowest BCUT2D eigenvalue weighted by Gasteiger charge is -2.09. The van der Waals surface area contributed by atoms with Crippen LogP contribution in [0, 0.1) is 0 Å². The second kappa shape index (κ2) is 11.7. The van der Waals surface area contributed by atoms with Crippen LogP contribution in [0.25, 0.3) is 6.08 Å². The van der Waals surface area contributed by atoms with Crippen LogP contribution >= 0.6 is 11.6 Å². The molecule has 0 unspecified atom stereocenters. The van der Waals surface area contributed by atoms with Crippen molar-refractivity contribution in [3.05, 3.63) is 65.2 Å². The highest BCUT2D eigenvalue weighted by atomic mass is 35.5. The molecule has 0 aromatic heterocycles. The van der Waals surface area contributed by atoms with Crippen molar-refractivity contribution in [2.24, 2.45) is 0 Å². The highest BCUT2D eigenvalue weighted by Crippen LogP contribution is 2.17. The minimum Gasteiger partial charge on any atom is -0.494 e. The van der Waals surface area contributed by atoms with Crippen molar-refractivity contribution in [3.8, 4) is 11.5 Å². The van der Waals surface area contributed by atoms with E-state index in [1.54, 1.807) is 42.5 Å².